The molecule has 2 aliphatic rings. The van der Waals surface area contributed by atoms with Crippen molar-refractivity contribution >= 4 is 23.2 Å². The van der Waals surface area contributed by atoms with Gasteiger partial charge in [-0.3, -0.25) is 0 Å². The lowest BCUT2D eigenvalue weighted by Crippen LogP contribution is -2.39. The maximum Gasteiger partial charge on any atom is 0.142 e. The highest BCUT2D eigenvalue weighted by molar-refractivity contribution is 6.51. The second-order valence-electron chi connectivity index (χ2n) is 4.75. The molecule has 1 unspecified atom stereocenters. The third-order valence-electron chi connectivity index (χ3n) is 4.17. The van der Waals surface area contributed by atoms with Crippen LogP contribution < -0.4 is 0 Å². The number of hydrogen-bond donors (Lipinski definition) is 0. The summed E-state index contributed by atoms with van der Waals surface area (Å²) >= 11 is 12.6. The minimum absolute atomic E-state index is 0.0401. The van der Waals surface area contributed by atoms with Gasteiger partial charge in [0.15, 0.2) is 0 Å². The van der Waals surface area contributed by atoms with Crippen molar-refractivity contribution in [3.05, 3.63) is 11.6 Å². The normalized spacial score (nSPS) is 41.6. The van der Waals surface area contributed by atoms with Crippen LogP contribution in [-0.2, 0) is 0 Å². The summed E-state index contributed by atoms with van der Waals surface area (Å²) in [7, 11) is 0. The van der Waals surface area contributed by atoms with Gasteiger partial charge >= 0.3 is 0 Å². The van der Waals surface area contributed by atoms with Crippen molar-refractivity contribution in [1.82, 2.24) is 0 Å². The zero-order chi connectivity index (χ0) is 9.20. The quantitative estimate of drug-likeness (QED) is 0.415. The second-order valence-corrected chi connectivity index (χ2v) is 6.14. The lowest BCUT2D eigenvalue weighted by Gasteiger charge is -2.40. The molecule has 2 bridgehead atoms. The Balaban J connectivity index is 2.58. The van der Waals surface area contributed by atoms with Gasteiger partial charge < -0.3 is 0 Å². The maximum absolute atomic E-state index is 6.28. The van der Waals surface area contributed by atoms with Crippen LogP contribution in [0.15, 0.2) is 11.6 Å². The van der Waals surface area contributed by atoms with Crippen molar-refractivity contribution in [2.45, 2.75) is 37.9 Å². The molecule has 0 aromatic carbocycles. The van der Waals surface area contributed by atoms with Crippen molar-refractivity contribution in [3.63, 3.8) is 0 Å². The Hall–Kier alpha value is 0.320. The van der Waals surface area contributed by atoms with Gasteiger partial charge in [-0.2, -0.15) is 0 Å². The van der Waals surface area contributed by atoms with Gasteiger partial charge in [-0.1, -0.05) is 49.5 Å². The first-order chi connectivity index (χ1) is 5.31. The molecule has 1 saturated carbocycles. The summed E-state index contributed by atoms with van der Waals surface area (Å²) in [4.78, 5) is 0. The average molecular weight is 205 g/mol. The fraction of sp³-hybridized carbons (Fsp3) is 0.800. The largest absolute Gasteiger partial charge is 0.142 e. The monoisotopic (exact) mass is 204 g/mol. The Labute approximate surface area is 83.9 Å². The Bertz CT molecular complexity index is 263. The predicted octanol–water partition coefficient (Wildman–Crippen LogP) is 3.93. The van der Waals surface area contributed by atoms with Crippen LogP contribution in [0.5, 0.6) is 0 Å². The first kappa shape index (κ1) is 8.90. The van der Waals surface area contributed by atoms with Crippen molar-refractivity contribution < 1.29 is 0 Å². The van der Waals surface area contributed by atoms with Crippen LogP contribution in [-0.4, -0.2) is 4.33 Å². The molecular weight excluding hydrogens is 191 g/mol. The number of allylic oxidation sites excluding steroid dienone is 2. The summed E-state index contributed by atoms with van der Waals surface area (Å²) in [6.45, 7) is 6.69. The fourth-order valence-electron chi connectivity index (χ4n) is 2.58. The fourth-order valence-corrected chi connectivity index (χ4v) is 3.50. The topological polar surface area (TPSA) is 0 Å². The Kier molecular flexibility index (Phi) is 1.51. The van der Waals surface area contributed by atoms with E-state index in [0.29, 0.717) is 0 Å². The van der Waals surface area contributed by atoms with E-state index >= 15 is 0 Å². The zero-order valence-corrected chi connectivity index (χ0v) is 9.26. The summed E-state index contributed by atoms with van der Waals surface area (Å²) in [5, 5.41) is 0. The SMILES string of the molecule is CC1(C)C2=CC(Cl)(Cl)C1(C)CC2. The minimum Gasteiger partial charge on any atom is -0.0963 e. The molecule has 12 heavy (non-hydrogen) atoms. The second kappa shape index (κ2) is 2.04. The van der Waals surface area contributed by atoms with Crippen molar-refractivity contribution in [2.75, 3.05) is 0 Å². The molecule has 0 spiro atoms. The zero-order valence-electron chi connectivity index (χ0n) is 7.75. The summed E-state index contributed by atoms with van der Waals surface area (Å²) in [5.41, 5.74) is 1.67. The van der Waals surface area contributed by atoms with Crippen LogP contribution >= 0.6 is 23.2 Å². The molecule has 1 atom stereocenters. The van der Waals surface area contributed by atoms with Gasteiger partial charge in [0.05, 0.1) is 0 Å². The molecule has 2 heteroatoms. The molecule has 0 nitrogen and oxygen atoms in total. The van der Waals surface area contributed by atoms with E-state index in [0.717, 1.165) is 6.42 Å². The average Bonchev–Trinajstić information content (AvgIpc) is 2.18. The van der Waals surface area contributed by atoms with Gasteiger partial charge in [0.2, 0.25) is 0 Å². The van der Waals surface area contributed by atoms with E-state index in [1.807, 2.05) is 0 Å². The molecule has 0 N–H and O–H groups in total. The van der Waals surface area contributed by atoms with E-state index in [2.05, 4.69) is 26.8 Å². The lowest BCUT2D eigenvalue weighted by molar-refractivity contribution is 0.172. The summed E-state index contributed by atoms with van der Waals surface area (Å²) in [6.07, 6.45) is 4.35. The van der Waals surface area contributed by atoms with Gasteiger partial charge in [-0.15, -0.1) is 0 Å². The molecule has 2 rings (SSSR count). The first-order valence-electron chi connectivity index (χ1n) is 4.41. The molecule has 0 radical (unpaired) electrons. The van der Waals surface area contributed by atoms with Crippen LogP contribution in [0, 0.1) is 10.8 Å². The number of fused-ring (bicyclic) bond motifs is 2. The van der Waals surface area contributed by atoms with E-state index < -0.39 is 4.33 Å². The minimum atomic E-state index is -0.635. The van der Waals surface area contributed by atoms with Crippen LogP contribution in [0.2, 0.25) is 0 Å². The molecule has 0 saturated heterocycles. The third-order valence-corrected chi connectivity index (χ3v) is 5.22. The number of rotatable bonds is 0. The van der Waals surface area contributed by atoms with Crippen LogP contribution in [0.25, 0.3) is 0 Å². The highest BCUT2D eigenvalue weighted by Crippen LogP contribution is 2.69. The predicted molar refractivity (Wildman–Crippen MR) is 53.6 cm³/mol. The van der Waals surface area contributed by atoms with E-state index in [4.69, 9.17) is 23.2 Å². The van der Waals surface area contributed by atoms with Crippen molar-refractivity contribution in [3.8, 4) is 0 Å². The smallest absolute Gasteiger partial charge is 0.0963 e. The van der Waals surface area contributed by atoms with Gasteiger partial charge in [0.1, 0.15) is 4.33 Å². The van der Waals surface area contributed by atoms with E-state index in [9.17, 15) is 0 Å². The van der Waals surface area contributed by atoms with Crippen LogP contribution in [0.3, 0.4) is 0 Å². The van der Waals surface area contributed by atoms with Gasteiger partial charge in [-0.25, -0.2) is 0 Å². The summed E-state index contributed by atoms with van der Waals surface area (Å²) in [6, 6.07) is 0. The molecule has 1 fully saturated rings. The maximum atomic E-state index is 6.28. The number of hydrogen-bond acceptors (Lipinski definition) is 0. The van der Waals surface area contributed by atoms with Crippen molar-refractivity contribution in [2.24, 2.45) is 10.8 Å². The van der Waals surface area contributed by atoms with Crippen molar-refractivity contribution in [1.29, 1.82) is 0 Å². The summed E-state index contributed by atoms with van der Waals surface area (Å²) < 4.78 is -0.635. The molecule has 0 amide bonds. The number of alkyl halides is 2. The molecule has 0 aromatic heterocycles. The van der Waals surface area contributed by atoms with E-state index in [1.165, 1.54) is 12.0 Å². The molecule has 0 heterocycles. The molecule has 0 aromatic rings. The molecule has 2 aliphatic carbocycles. The summed E-state index contributed by atoms with van der Waals surface area (Å²) in [5.74, 6) is 0. The molecular formula is C10H14Cl2. The van der Waals surface area contributed by atoms with Crippen LogP contribution in [0.1, 0.15) is 33.6 Å². The Morgan fingerprint density at radius 2 is 1.83 bits per heavy atom. The van der Waals surface area contributed by atoms with E-state index in [-0.39, 0.29) is 10.8 Å². The molecule has 68 valence electrons. The third kappa shape index (κ3) is 0.719. The highest BCUT2D eigenvalue weighted by atomic mass is 35.5. The number of halogens is 2. The molecule has 0 aliphatic heterocycles. The van der Waals surface area contributed by atoms with Gasteiger partial charge in [0.25, 0.3) is 0 Å². The standard InChI is InChI=1S/C10H14Cl2/c1-8(2)7-4-5-9(8,3)10(11,12)6-7/h6H,4-5H2,1-3H3. The van der Waals surface area contributed by atoms with Gasteiger partial charge in [-0.05, 0) is 24.3 Å². The Morgan fingerprint density at radius 1 is 1.25 bits per heavy atom. The van der Waals surface area contributed by atoms with Crippen LogP contribution in [0.4, 0.5) is 0 Å². The highest BCUT2D eigenvalue weighted by Gasteiger charge is 2.63. The van der Waals surface area contributed by atoms with E-state index in [1.54, 1.807) is 0 Å². The first-order valence-corrected chi connectivity index (χ1v) is 5.17. The lowest BCUT2D eigenvalue weighted by atomic mass is 9.70. The Morgan fingerprint density at radius 3 is 2.00 bits per heavy atom. The van der Waals surface area contributed by atoms with Gasteiger partial charge in [0, 0.05) is 5.41 Å².